The molecule has 1 N–H and O–H groups in total. The summed E-state index contributed by atoms with van der Waals surface area (Å²) in [6, 6.07) is 22.7. The van der Waals surface area contributed by atoms with E-state index >= 15 is 0 Å². The highest BCUT2D eigenvalue weighted by Crippen LogP contribution is 2.26. The standard InChI is InChI=1S/C28H28FNO5/c1-28(2,3)35-27(32)30-24(26(31)34-19-21-13-8-5-9-14-21)17-22-15-10-16-23(29)25(22)33-18-20-11-6-4-7-12-20/h4-17H,18-19H2,1-3H3,(H,30,32). The lowest BCUT2D eigenvalue weighted by Gasteiger charge is -2.20. The third kappa shape index (κ3) is 8.30. The average Bonchev–Trinajstić information content (AvgIpc) is 2.82. The van der Waals surface area contributed by atoms with Gasteiger partial charge in [0.2, 0.25) is 0 Å². The van der Waals surface area contributed by atoms with Crippen molar-refractivity contribution in [1.29, 1.82) is 0 Å². The van der Waals surface area contributed by atoms with Crippen molar-refractivity contribution in [2.45, 2.75) is 39.6 Å². The molecule has 1 amide bonds. The van der Waals surface area contributed by atoms with Crippen molar-refractivity contribution in [3.63, 3.8) is 0 Å². The Morgan fingerprint density at radius 3 is 2.06 bits per heavy atom. The van der Waals surface area contributed by atoms with Gasteiger partial charge in [-0.25, -0.2) is 14.0 Å². The third-order valence-electron chi connectivity index (χ3n) is 4.59. The normalized spacial score (nSPS) is 11.5. The summed E-state index contributed by atoms with van der Waals surface area (Å²) in [5.74, 6) is -1.47. The van der Waals surface area contributed by atoms with Crippen LogP contribution in [0.15, 0.2) is 84.6 Å². The molecule has 3 aromatic rings. The lowest BCUT2D eigenvalue weighted by molar-refractivity contribution is -0.140. The number of amides is 1. The van der Waals surface area contributed by atoms with Gasteiger partial charge in [-0.15, -0.1) is 0 Å². The molecule has 0 heterocycles. The van der Waals surface area contributed by atoms with E-state index in [0.29, 0.717) is 0 Å². The summed E-state index contributed by atoms with van der Waals surface area (Å²) in [5, 5.41) is 2.43. The number of alkyl carbamates (subject to hydrolysis) is 1. The molecule has 0 aliphatic carbocycles. The van der Waals surface area contributed by atoms with Crippen LogP contribution in [0.3, 0.4) is 0 Å². The van der Waals surface area contributed by atoms with Crippen LogP contribution in [-0.4, -0.2) is 17.7 Å². The molecule has 3 aromatic carbocycles. The summed E-state index contributed by atoms with van der Waals surface area (Å²) in [7, 11) is 0. The highest BCUT2D eigenvalue weighted by Gasteiger charge is 2.22. The first-order valence-electron chi connectivity index (χ1n) is 11.1. The van der Waals surface area contributed by atoms with Crippen molar-refractivity contribution in [1.82, 2.24) is 5.32 Å². The number of carbonyl (C=O) groups is 2. The number of esters is 1. The Labute approximate surface area is 204 Å². The number of hydrogen-bond donors (Lipinski definition) is 1. The molecule has 0 aliphatic heterocycles. The second kappa shape index (κ2) is 11.8. The van der Waals surface area contributed by atoms with Crippen LogP contribution in [0.5, 0.6) is 5.75 Å². The summed E-state index contributed by atoms with van der Waals surface area (Å²) >= 11 is 0. The predicted octanol–water partition coefficient (Wildman–Crippen LogP) is 6.01. The lowest BCUT2D eigenvalue weighted by Crippen LogP contribution is -2.34. The van der Waals surface area contributed by atoms with Crippen LogP contribution < -0.4 is 10.1 Å². The van der Waals surface area contributed by atoms with Crippen LogP contribution >= 0.6 is 0 Å². The predicted molar refractivity (Wildman–Crippen MR) is 131 cm³/mol. The van der Waals surface area contributed by atoms with Gasteiger partial charge in [-0.3, -0.25) is 5.32 Å². The Hall–Kier alpha value is -4.13. The van der Waals surface area contributed by atoms with Gasteiger partial charge >= 0.3 is 12.1 Å². The molecular formula is C28H28FNO5. The molecule has 182 valence electrons. The van der Waals surface area contributed by atoms with Crippen LogP contribution in [-0.2, 0) is 27.5 Å². The minimum absolute atomic E-state index is 0.00642. The highest BCUT2D eigenvalue weighted by molar-refractivity contribution is 5.97. The molecule has 0 aromatic heterocycles. The van der Waals surface area contributed by atoms with Crippen LogP contribution in [0.1, 0.15) is 37.5 Å². The van der Waals surface area contributed by atoms with Crippen LogP contribution in [0.2, 0.25) is 0 Å². The Bertz CT molecular complexity index is 1170. The first-order chi connectivity index (χ1) is 16.7. The van der Waals surface area contributed by atoms with Crippen LogP contribution in [0.4, 0.5) is 9.18 Å². The molecule has 35 heavy (non-hydrogen) atoms. The first kappa shape index (κ1) is 25.5. The summed E-state index contributed by atoms with van der Waals surface area (Å²) < 4.78 is 31.1. The summed E-state index contributed by atoms with van der Waals surface area (Å²) in [4.78, 5) is 25.3. The summed E-state index contributed by atoms with van der Waals surface area (Å²) in [6.07, 6.45) is 0.462. The number of para-hydroxylation sites is 1. The van der Waals surface area contributed by atoms with Crippen molar-refractivity contribution in [3.05, 3.63) is 107 Å². The molecule has 6 nitrogen and oxygen atoms in total. The van der Waals surface area contributed by atoms with E-state index in [-0.39, 0.29) is 30.2 Å². The van der Waals surface area contributed by atoms with Gasteiger partial charge in [-0.05, 0) is 44.0 Å². The van der Waals surface area contributed by atoms with Gasteiger partial charge in [0, 0.05) is 5.56 Å². The van der Waals surface area contributed by atoms with Gasteiger partial charge in [-0.2, -0.15) is 0 Å². The molecule has 0 saturated carbocycles. The van der Waals surface area contributed by atoms with E-state index in [1.54, 1.807) is 39.0 Å². The molecule has 0 fully saturated rings. The van der Waals surface area contributed by atoms with Crippen molar-refractivity contribution >= 4 is 18.1 Å². The molecule has 0 saturated heterocycles. The second-order valence-electron chi connectivity index (χ2n) is 8.68. The topological polar surface area (TPSA) is 73.9 Å². The Balaban J connectivity index is 1.87. The fourth-order valence-electron chi connectivity index (χ4n) is 3.04. The summed E-state index contributed by atoms with van der Waals surface area (Å²) in [5.41, 5.74) is 0.871. The van der Waals surface area contributed by atoms with E-state index in [1.807, 2.05) is 48.5 Å². The third-order valence-corrected chi connectivity index (χ3v) is 4.59. The zero-order valence-corrected chi connectivity index (χ0v) is 19.9. The molecule has 0 radical (unpaired) electrons. The number of nitrogens with one attached hydrogen (secondary N) is 1. The SMILES string of the molecule is CC(C)(C)OC(=O)NC(=Cc1cccc(F)c1OCc1ccccc1)C(=O)OCc1ccccc1. The lowest BCUT2D eigenvalue weighted by atomic mass is 10.1. The fraction of sp³-hybridized carbons (Fsp3) is 0.214. The van der Waals surface area contributed by atoms with E-state index in [4.69, 9.17) is 14.2 Å². The maximum atomic E-state index is 14.7. The van der Waals surface area contributed by atoms with E-state index in [9.17, 15) is 14.0 Å². The zero-order chi connectivity index (χ0) is 25.3. The van der Waals surface area contributed by atoms with Gasteiger partial charge in [0.1, 0.15) is 24.5 Å². The smallest absolute Gasteiger partial charge is 0.412 e. The fourth-order valence-corrected chi connectivity index (χ4v) is 3.04. The van der Waals surface area contributed by atoms with Gasteiger partial charge in [0.05, 0.1) is 0 Å². The number of halogens is 1. The molecular weight excluding hydrogens is 449 g/mol. The molecule has 3 rings (SSSR count). The van der Waals surface area contributed by atoms with E-state index in [0.717, 1.165) is 11.1 Å². The molecule has 7 heteroatoms. The first-order valence-corrected chi connectivity index (χ1v) is 11.1. The maximum Gasteiger partial charge on any atom is 0.412 e. The zero-order valence-electron chi connectivity index (χ0n) is 19.9. The van der Waals surface area contributed by atoms with Crippen LogP contribution in [0.25, 0.3) is 6.08 Å². The Morgan fingerprint density at radius 1 is 0.857 bits per heavy atom. The molecule has 0 spiro atoms. The Morgan fingerprint density at radius 2 is 1.46 bits per heavy atom. The van der Waals surface area contributed by atoms with Gasteiger partial charge < -0.3 is 14.2 Å². The molecule has 0 aliphatic rings. The number of benzene rings is 3. The van der Waals surface area contributed by atoms with Crippen molar-refractivity contribution in [3.8, 4) is 5.75 Å². The number of ether oxygens (including phenoxy) is 3. The van der Waals surface area contributed by atoms with Crippen molar-refractivity contribution in [2.75, 3.05) is 0 Å². The van der Waals surface area contributed by atoms with Crippen molar-refractivity contribution in [2.24, 2.45) is 0 Å². The van der Waals surface area contributed by atoms with Gasteiger partial charge in [-0.1, -0.05) is 72.8 Å². The Kier molecular flexibility index (Phi) is 8.62. The minimum atomic E-state index is -0.844. The van der Waals surface area contributed by atoms with E-state index in [2.05, 4.69) is 5.32 Å². The quantitative estimate of drug-likeness (QED) is 0.318. The van der Waals surface area contributed by atoms with E-state index in [1.165, 1.54) is 18.2 Å². The number of carbonyl (C=O) groups excluding carboxylic acids is 2. The highest BCUT2D eigenvalue weighted by atomic mass is 19.1. The maximum absolute atomic E-state index is 14.7. The summed E-state index contributed by atoms with van der Waals surface area (Å²) in [6.45, 7) is 5.22. The van der Waals surface area contributed by atoms with Crippen molar-refractivity contribution < 1.29 is 28.2 Å². The second-order valence-corrected chi connectivity index (χ2v) is 8.68. The minimum Gasteiger partial charge on any atom is -0.485 e. The van der Waals surface area contributed by atoms with E-state index < -0.39 is 23.5 Å². The molecule has 0 bridgehead atoms. The molecule has 0 unspecified atom stereocenters. The van der Waals surface area contributed by atoms with Gasteiger partial charge in [0.15, 0.2) is 11.6 Å². The largest absolute Gasteiger partial charge is 0.485 e. The van der Waals surface area contributed by atoms with Gasteiger partial charge in [0.25, 0.3) is 0 Å². The number of rotatable bonds is 8. The molecule has 0 atom stereocenters. The number of hydrogen-bond acceptors (Lipinski definition) is 5. The van der Waals surface area contributed by atoms with Crippen LogP contribution in [0, 0.1) is 5.82 Å². The monoisotopic (exact) mass is 477 g/mol. The average molecular weight is 478 g/mol.